The molecular formula is C31H69N. The zero-order valence-corrected chi connectivity index (χ0v) is 25.6. The van der Waals surface area contributed by atoms with E-state index in [9.17, 15) is 0 Å². The summed E-state index contributed by atoms with van der Waals surface area (Å²) in [5.74, 6) is 3.55. The van der Waals surface area contributed by atoms with Crippen LogP contribution in [0.2, 0.25) is 0 Å². The first-order valence-electron chi connectivity index (χ1n) is 14.4. The molecule has 3 aliphatic carbocycles. The molecule has 3 saturated carbocycles. The first-order valence-corrected chi connectivity index (χ1v) is 14.4. The molecule has 0 aliphatic heterocycles. The minimum atomic E-state index is 0. The molecule has 3 fully saturated rings. The zero-order chi connectivity index (χ0) is 25.8. The van der Waals surface area contributed by atoms with Crippen molar-refractivity contribution < 1.29 is 1.43 Å². The van der Waals surface area contributed by atoms with Crippen LogP contribution >= 0.6 is 0 Å². The van der Waals surface area contributed by atoms with Gasteiger partial charge < -0.3 is 4.90 Å². The molecule has 3 rings (SSSR count). The zero-order valence-electron chi connectivity index (χ0n) is 25.6. The molecule has 0 aromatic carbocycles. The summed E-state index contributed by atoms with van der Waals surface area (Å²) in [7, 11) is 4.34. The average Bonchev–Trinajstić information content (AvgIpc) is 3.55. The summed E-state index contributed by atoms with van der Waals surface area (Å²) in [4.78, 5) is 2.31. The van der Waals surface area contributed by atoms with Crippen molar-refractivity contribution in [2.24, 2.45) is 39.9 Å². The van der Waals surface area contributed by atoms with Gasteiger partial charge in [-0.2, -0.15) is 0 Å². The van der Waals surface area contributed by atoms with Crippen LogP contribution in [-0.2, 0) is 0 Å². The van der Waals surface area contributed by atoms with Crippen LogP contribution in [-0.4, -0.2) is 25.5 Å². The van der Waals surface area contributed by atoms with Gasteiger partial charge in [-0.15, -0.1) is 0 Å². The van der Waals surface area contributed by atoms with Crippen molar-refractivity contribution in [3.63, 3.8) is 0 Å². The Morgan fingerprint density at radius 2 is 0.781 bits per heavy atom. The fourth-order valence-corrected chi connectivity index (χ4v) is 4.71. The summed E-state index contributed by atoms with van der Waals surface area (Å²) in [6, 6.07) is 0. The predicted molar refractivity (Wildman–Crippen MR) is 153 cm³/mol. The van der Waals surface area contributed by atoms with Gasteiger partial charge in [0.2, 0.25) is 0 Å². The van der Waals surface area contributed by atoms with Crippen LogP contribution in [0.5, 0.6) is 0 Å². The van der Waals surface area contributed by atoms with E-state index in [-0.39, 0.29) is 1.43 Å². The highest BCUT2D eigenvalue weighted by Crippen LogP contribution is 2.55. The van der Waals surface area contributed by atoms with Gasteiger partial charge in [-0.25, -0.2) is 0 Å². The standard InChI is InChI=1S/C9H19N.2C8H16.C4H10.C2H6.H2/c1-8(2)9(5-6-9)7-10(3)4;2*1-4-8(5-6-8)7(2)3;1-4(2)3;1-2;/h8H,5-7H2,1-4H3;2*7H,4-6H2,1-3H3;4H,1-3H3;1-2H3;1H/i;;;;;1+1. The van der Waals surface area contributed by atoms with Crippen molar-refractivity contribution in [1.29, 1.82) is 0 Å². The van der Waals surface area contributed by atoms with E-state index < -0.39 is 0 Å². The first kappa shape index (κ1) is 34.1. The molecule has 0 bridgehead atoms. The third-order valence-corrected chi connectivity index (χ3v) is 8.39. The molecule has 1 heteroatoms. The summed E-state index contributed by atoms with van der Waals surface area (Å²) in [5, 5.41) is 0. The van der Waals surface area contributed by atoms with Crippen LogP contribution in [0, 0.1) is 39.9 Å². The van der Waals surface area contributed by atoms with E-state index in [0.29, 0.717) is 5.41 Å². The third-order valence-electron chi connectivity index (χ3n) is 8.39. The lowest BCUT2D eigenvalue weighted by Gasteiger charge is -2.23. The molecule has 1 nitrogen and oxygen atoms in total. The van der Waals surface area contributed by atoms with Gasteiger partial charge in [-0.3, -0.25) is 0 Å². The summed E-state index contributed by atoms with van der Waals surface area (Å²) in [5.41, 5.74) is 2.28. The lowest BCUT2D eigenvalue weighted by Crippen LogP contribution is -2.26. The van der Waals surface area contributed by atoms with Crippen molar-refractivity contribution >= 4 is 0 Å². The van der Waals surface area contributed by atoms with Crippen LogP contribution in [0.4, 0.5) is 0 Å². The van der Waals surface area contributed by atoms with Gasteiger partial charge in [0.1, 0.15) is 0 Å². The summed E-state index contributed by atoms with van der Waals surface area (Å²) < 4.78 is 0. The number of rotatable bonds is 7. The topological polar surface area (TPSA) is 3.24 Å². The molecule has 0 aromatic heterocycles. The van der Waals surface area contributed by atoms with E-state index in [1.54, 1.807) is 0 Å². The summed E-state index contributed by atoms with van der Waals surface area (Å²) >= 11 is 0. The molecule has 0 atom stereocenters. The quantitative estimate of drug-likeness (QED) is 0.368. The Labute approximate surface area is 208 Å². The second-order valence-electron chi connectivity index (χ2n) is 12.7. The lowest BCUT2D eigenvalue weighted by molar-refractivity contribution is 0.248. The minimum absolute atomic E-state index is 0. The Kier molecular flexibility index (Phi) is 16.8. The van der Waals surface area contributed by atoms with Crippen LogP contribution in [0.15, 0.2) is 0 Å². The van der Waals surface area contributed by atoms with Gasteiger partial charge in [-0.05, 0) is 92.5 Å². The molecule has 0 spiro atoms. The van der Waals surface area contributed by atoms with E-state index >= 15 is 0 Å². The fourth-order valence-electron chi connectivity index (χ4n) is 4.71. The molecule has 3 aliphatic rings. The first-order chi connectivity index (χ1) is 14.7. The number of nitrogens with zero attached hydrogens (tertiary/aromatic N) is 1. The maximum Gasteiger partial charge on any atom is 0.00343 e. The highest BCUT2D eigenvalue weighted by atomic mass is 15.1. The molecule has 0 amide bonds. The maximum atomic E-state index is 2.34. The van der Waals surface area contributed by atoms with Crippen LogP contribution < -0.4 is 0 Å². The molecule has 0 N–H and O–H groups in total. The summed E-state index contributed by atoms with van der Waals surface area (Å²) in [6.45, 7) is 30.5. The lowest BCUT2D eigenvalue weighted by atomic mass is 9.90. The van der Waals surface area contributed by atoms with Crippen LogP contribution in [0.25, 0.3) is 0 Å². The Bertz CT molecular complexity index is 411. The van der Waals surface area contributed by atoms with Gasteiger partial charge in [0.15, 0.2) is 0 Å². The molecule has 0 saturated heterocycles. The summed E-state index contributed by atoms with van der Waals surface area (Å²) in [6.07, 6.45) is 11.6. The normalized spacial score (nSPS) is 20.2. The van der Waals surface area contributed by atoms with Gasteiger partial charge in [0.05, 0.1) is 0 Å². The maximum absolute atomic E-state index is 2.34. The molecule has 32 heavy (non-hydrogen) atoms. The van der Waals surface area contributed by atoms with Crippen LogP contribution in [0.1, 0.15) is 143 Å². The highest BCUT2D eigenvalue weighted by molar-refractivity contribution is 4.97. The van der Waals surface area contributed by atoms with Gasteiger partial charge >= 0.3 is 0 Å². The molecule has 0 aromatic rings. The Morgan fingerprint density at radius 3 is 0.812 bits per heavy atom. The van der Waals surface area contributed by atoms with Crippen molar-refractivity contribution in [3.8, 4) is 0 Å². The van der Waals surface area contributed by atoms with E-state index in [0.717, 1.165) is 34.5 Å². The van der Waals surface area contributed by atoms with Crippen molar-refractivity contribution in [2.45, 2.75) is 141 Å². The third kappa shape index (κ3) is 13.0. The largest absolute Gasteiger partial charge is 0.309 e. The smallest absolute Gasteiger partial charge is 0.00343 e. The Hall–Kier alpha value is -0.0400. The molecule has 198 valence electrons. The molecule has 0 unspecified atom stereocenters. The average molecular weight is 457 g/mol. The van der Waals surface area contributed by atoms with Gasteiger partial charge in [-0.1, -0.05) is 103 Å². The Morgan fingerprint density at radius 1 is 0.562 bits per heavy atom. The second-order valence-corrected chi connectivity index (χ2v) is 12.7. The van der Waals surface area contributed by atoms with Crippen LogP contribution in [0.3, 0.4) is 0 Å². The monoisotopic (exact) mass is 457 g/mol. The second kappa shape index (κ2) is 15.8. The van der Waals surface area contributed by atoms with E-state index in [2.05, 4.69) is 95.2 Å². The molecule has 0 heterocycles. The minimum Gasteiger partial charge on any atom is -0.309 e. The number of hydrogen-bond donors (Lipinski definition) is 0. The Balaban J connectivity index is -0.000000363. The van der Waals surface area contributed by atoms with E-state index in [1.807, 2.05) is 13.8 Å². The van der Waals surface area contributed by atoms with Crippen molar-refractivity contribution in [2.75, 3.05) is 20.6 Å². The number of hydrogen-bond acceptors (Lipinski definition) is 1. The van der Waals surface area contributed by atoms with E-state index in [4.69, 9.17) is 0 Å². The molecular weight excluding hydrogens is 386 g/mol. The van der Waals surface area contributed by atoms with Crippen molar-refractivity contribution in [1.82, 2.24) is 4.90 Å². The predicted octanol–water partition coefficient (Wildman–Crippen LogP) is 10.6. The SMILES string of the molecule is CC.CC(C)C.CC(C)C1(CN(C)C)CC1.CCC1(C(C)C)CC1.CCC1(C(C)C)CC1.[2HH]. The van der Waals surface area contributed by atoms with Crippen molar-refractivity contribution in [3.05, 3.63) is 0 Å². The van der Waals surface area contributed by atoms with Gasteiger partial charge in [0.25, 0.3) is 0 Å². The van der Waals surface area contributed by atoms with Gasteiger partial charge in [0, 0.05) is 7.97 Å². The highest BCUT2D eigenvalue weighted by Gasteiger charge is 2.45. The molecule has 0 radical (unpaired) electrons. The van der Waals surface area contributed by atoms with E-state index in [1.165, 1.54) is 57.9 Å². The fraction of sp³-hybridized carbons (Fsp3) is 1.00.